The molecule has 2 heteroatoms. The highest BCUT2D eigenvalue weighted by Crippen LogP contribution is 2.24. The largest absolute Gasteiger partial charge is 0.462 e. The van der Waals surface area contributed by atoms with Gasteiger partial charge >= 0.3 is 5.97 Å². The van der Waals surface area contributed by atoms with Crippen molar-refractivity contribution in [1.29, 1.82) is 0 Å². The number of hydrogen-bond donors (Lipinski definition) is 0. The van der Waals surface area contributed by atoms with Crippen molar-refractivity contribution in [3.63, 3.8) is 0 Å². The summed E-state index contributed by atoms with van der Waals surface area (Å²) in [5.74, 6) is 0.0130. The third-order valence-corrected chi connectivity index (χ3v) is 2.31. The third-order valence-electron chi connectivity index (χ3n) is 2.31. The van der Waals surface area contributed by atoms with E-state index in [-0.39, 0.29) is 12.1 Å². The minimum absolute atomic E-state index is 0.0130. The number of hydrogen-bond acceptors (Lipinski definition) is 2. The fourth-order valence-corrected chi connectivity index (χ4v) is 1.30. The number of rotatable bonds is 7. The van der Waals surface area contributed by atoms with E-state index in [1.54, 1.807) is 0 Å². The van der Waals surface area contributed by atoms with E-state index >= 15 is 0 Å². The first-order valence-electron chi connectivity index (χ1n) is 5.52. The second-order valence-corrected chi connectivity index (χ2v) is 3.85. The van der Waals surface area contributed by atoms with Crippen molar-refractivity contribution in [2.24, 2.45) is 0 Å². The lowest BCUT2D eigenvalue weighted by Gasteiger charge is -2.02. The molecular formula is C11H20O2. The number of esters is 1. The van der Waals surface area contributed by atoms with Crippen LogP contribution in [0.4, 0.5) is 0 Å². The van der Waals surface area contributed by atoms with Crippen LogP contribution in [0.15, 0.2) is 0 Å². The summed E-state index contributed by atoms with van der Waals surface area (Å²) in [6, 6.07) is 0. The van der Waals surface area contributed by atoms with E-state index in [2.05, 4.69) is 6.92 Å². The van der Waals surface area contributed by atoms with Crippen LogP contribution in [0.2, 0.25) is 0 Å². The topological polar surface area (TPSA) is 26.3 Å². The van der Waals surface area contributed by atoms with Crippen LogP contribution in [0, 0.1) is 0 Å². The first-order valence-corrected chi connectivity index (χ1v) is 5.52. The first-order chi connectivity index (χ1) is 6.33. The van der Waals surface area contributed by atoms with Crippen LogP contribution in [0.1, 0.15) is 58.3 Å². The van der Waals surface area contributed by atoms with E-state index in [0.29, 0.717) is 6.42 Å². The highest BCUT2D eigenvalue weighted by atomic mass is 16.5. The molecule has 0 aromatic carbocycles. The van der Waals surface area contributed by atoms with Crippen LogP contribution in [-0.2, 0) is 9.53 Å². The van der Waals surface area contributed by atoms with Gasteiger partial charge in [-0.3, -0.25) is 4.79 Å². The van der Waals surface area contributed by atoms with Crippen LogP contribution in [0.5, 0.6) is 0 Å². The van der Waals surface area contributed by atoms with Crippen LogP contribution in [-0.4, -0.2) is 12.1 Å². The van der Waals surface area contributed by atoms with Crippen LogP contribution >= 0.6 is 0 Å². The molecule has 0 amide bonds. The van der Waals surface area contributed by atoms with Crippen molar-refractivity contribution >= 4 is 5.97 Å². The van der Waals surface area contributed by atoms with Gasteiger partial charge in [0.15, 0.2) is 0 Å². The molecule has 0 spiro atoms. The van der Waals surface area contributed by atoms with E-state index in [4.69, 9.17) is 4.74 Å². The SMILES string of the molecule is CCCCCCCC(=O)OC1CC1. The molecule has 0 heterocycles. The van der Waals surface area contributed by atoms with E-state index in [9.17, 15) is 4.79 Å². The molecule has 1 saturated carbocycles. The minimum atomic E-state index is 0.0130. The average molecular weight is 184 g/mol. The summed E-state index contributed by atoms with van der Waals surface area (Å²) in [6.45, 7) is 2.20. The number of carbonyl (C=O) groups excluding carboxylic acids is 1. The fraction of sp³-hybridized carbons (Fsp3) is 0.909. The molecule has 0 bridgehead atoms. The minimum Gasteiger partial charge on any atom is -0.462 e. The quantitative estimate of drug-likeness (QED) is 0.449. The smallest absolute Gasteiger partial charge is 0.306 e. The van der Waals surface area contributed by atoms with Gasteiger partial charge in [-0.1, -0.05) is 32.6 Å². The molecule has 13 heavy (non-hydrogen) atoms. The zero-order chi connectivity index (χ0) is 9.52. The Kier molecular flexibility index (Phi) is 4.87. The van der Waals surface area contributed by atoms with Gasteiger partial charge in [-0.25, -0.2) is 0 Å². The van der Waals surface area contributed by atoms with Gasteiger partial charge in [-0.05, 0) is 19.3 Å². The molecule has 0 unspecified atom stereocenters. The zero-order valence-corrected chi connectivity index (χ0v) is 8.55. The van der Waals surface area contributed by atoms with Gasteiger partial charge in [-0.15, -0.1) is 0 Å². The van der Waals surface area contributed by atoms with Crippen molar-refractivity contribution in [3.05, 3.63) is 0 Å². The Balaban J connectivity index is 1.83. The van der Waals surface area contributed by atoms with Crippen LogP contribution < -0.4 is 0 Å². The van der Waals surface area contributed by atoms with Gasteiger partial charge in [0.2, 0.25) is 0 Å². The van der Waals surface area contributed by atoms with Gasteiger partial charge in [0.25, 0.3) is 0 Å². The summed E-state index contributed by atoms with van der Waals surface area (Å²) in [7, 11) is 0. The van der Waals surface area contributed by atoms with Gasteiger partial charge in [-0.2, -0.15) is 0 Å². The molecule has 0 saturated heterocycles. The lowest BCUT2D eigenvalue weighted by Crippen LogP contribution is -2.05. The van der Waals surface area contributed by atoms with Gasteiger partial charge in [0.1, 0.15) is 6.10 Å². The Bertz CT molecular complexity index is 150. The summed E-state index contributed by atoms with van der Waals surface area (Å²) in [5, 5.41) is 0. The van der Waals surface area contributed by atoms with Gasteiger partial charge < -0.3 is 4.74 Å². The van der Waals surface area contributed by atoms with E-state index < -0.39 is 0 Å². The van der Waals surface area contributed by atoms with Crippen molar-refractivity contribution in [2.75, 3.05) is 0 Å². The van der Waals surface area contributed by atoms with Crippen molar-refractivity contribution < 1.29 is 9.53 Å². The fourth-order valence-electron chi connectivity index (χ4n) is 1.30. The van der Waals surface area contributed by atoms with E-state index in [1.807, 2.05) is 0 Å². The molecule has 0 aliphatic heterocycles. The second kappa shape index (κ2) is 6.01. The molecule has 2 nitrogen and oxygen atoms in total. The molecule has 0 N–H and O–H groups in total. The molecule has 0 radical (unpaired) electrons. The highest BCUT2D eigenvalue weighted by molar-refractivity contribution is 5.69. The Hall–Kier alpha value is -0.530. The normalized spacial score (nSPS) is 15.8. The molecule has 0 aromatic rings. The summed E-state index contributed by atoms with van der Waals surface area (Å²) in [4.78, 5) is 11.1. The van der Waals surface area contributed by atoms with Gasteiger partial charge in [0.05, 0.1) is 0 Å². The second-order valence-electron chi connectivity index (χ2n) is 3.85. The number of unbranched alkanes of at least 4 members (excludes halogenated alkanes) is 4. The maximum absolute atomic E-state index is 11.1. The Morgan fingerprint density at radius 2 is 1.92 bits per heavy atom. The first kappa shape index (κ1) is 10.6. The average Bonchev–Trinajstić information content (AvgIpc) is 2.88. The van der Waals surface area contributed by atoms with E-state index in [1.165, 1.54) is 25.7 Å². The van der Waals surface area contributed by atoms with E-state index in [0.717, 1.165) is 19.3 Å². The Morgan fingerprint density at radius 3 is 2.54 bits per heavy atom. The maximum atomic E-state index is 11.1. The predicted molar refractivity (Wildman–Crippen MR) is 52.5 cm³/mol. The molecular weight excluding hydrogens is 164 g/mol. The summed E-state index contributed by atoms with van der Waals surface area (Å²) >= 11 is 0. The molecule has 1 aliphatic rings. The standard InChI is InChI=1S/C11H20O2/c1-2-3-4-5-6-7-11(12)13-10-8-9-10/h10H,2-9H2,1H3. The molecule has 1 aliphatic carbocycles. The predicted octanol–water partition coefficient (Wildman–Crippen LogP) is 3.05. The van der Waals surface area contributed by atoms with Crippen molar-refractivity contribution in [1.82, 2.24) is 0 Å². The lowest BCUT2D eigenvalue weighted by atomic mass is 10.1. The molecule has 0 aromatic heterocycles. The maximum Gasteiger partial charge on any atom is 0.306 e. The summed E-state index contributed by atoms with van der Waals surface area (Å²) in [5.41, 5.74) is 0. The summed E-state index contributed by atoms with van der Waals surface area (Å²) in [6.07, 6.45) is 9.06. The van der Waals surface area contributed by atoms with Crippen LogP contribution in [0.3, 0.4) is 0 Å². The van der Waals surface area contributed by atoms with Crippen molar-refractivity contribution in [3.8, 4) is 0 Å². The monoisotopic (exact) mass is 184 g/mol. The molecule has 1 rings (SSSR count). The third kappa shape index (κ3) is 5.67. The highest BCUT2D eigenvalue weighted by Gasteiger charge is 2.25. The molecule has 1 fully saturated rings. The molecule has 0 atom stereocenters. The Labute approximate surface area is 80.7 Å². The molecule has 76 valence electrons. The summed E-state index contributed by atoms with van der Waals surface area (Å²) < 4.78 is 5.13. The zero-order valence-electron chi connectivity index (χ0n) is 8.55. The van der Waals surface area contributed by atoms with Crippen molar-refractivity contribution in [2.45, 2.75) is 64.4 Å². The lowest BCUT2D eigenvalue weighted by molar-refractivity contribution is -0.145. The van der Waals surface area contributed by atoms with Crippen LogP contribution in [0.25, 0.3) is 0 Å². The Morgan fingerprint density at radius 1 is 1.23 bits per heavy atom. The van der Waals surface area contributed by atoms with Gasteiger partial charge in [0, 0.05) is 6.42 Å². The number of carbonyl (C=O) groups is 1. The number of ether oxygens (including phenoxy) is 1.